The summed E-state index contributed by atoms with van der Waals surface area (Å²) < 4.78 is 0. The van der Waals surface area contributed by atoms with Crippen molar-refractivity contribution in [3.63, 3.8) is 0 Å². The van der Waals surface area contributed by atoms with Gasteiger partial charge in [-0.05, 0) is 43.2 Å². The number of amides is 2. The van der Waals surface area contributed by atoms with Crippen molar-refractivity contribution >= 4 is 46.8 Å². The molecule has 2 aromatic carbocycles. The fraction of sp³-hybridized carbons (Fsp3) is 0.391. The molecule has 0 radical (unpaired) electrons. The highest BCUT2D eigenvalue weighted by molar-refractivity contribution is 7.99. The zero-order chi connectivity index (χ0) is 21.9. The van der Waals surface area contributed by atoms with Crippen LogP contribution in [0.15, 0.2) is 53.4 Å². The lowest BCUT2D eigenvalue weighted by Gasteiger charge is -2.29. The minimum absolute atomic E-state index is 0.0670. The topological polar surface area (TPSA) is 49.4 Å². The molecular formula is C23H28Cl2N2O2S. The van der Waals surface area contributed by atoms with Crippen LogP contribution in [0, 0.1) is 0 Å². The number of unbranched alkanes of at least 4 members (excludes halogenated alkanes) is 1. The fourth-order valence-corrected chi connectivity index (χ4v) is 4.05. The average Bonchev–Trinajstić information content (AvgIpc) is 2.74. The van der Waals surface area contributed by atoms with Crippen LogP contribution in [-0.4, -0.2) is 35.1 Å². The van der Waals surface area contributed by atoms with Crippen LogP contribution in [0.3, 0.4) is 0 Å². The number of hydrogen-bond acceptors (Lipinski definition) is 3. The molecule has 0 bridgehead atoms. The van der Waals surface area contributed by atoms with Crippen molar-refractivity contribution in [2.45, 2.75) is 50.6 Å². The molecule has 2 rings (SSSR count). The summed E-state index contributed by atoms with van der Waals surface area (Å²) >= 11 is 13.8. The first kappa shape index (κ1) is 24.6. The first-order valence-electron chi connectivity index (χ1n) is 10.1. The average molecular weight is 467 g/mol. The van der Waals surface area contributed by atoms with Crippen molar-refractivity contribution in [3.05, 3.63) is 64.1 Å². The van der Waals surface area contributed by atoms with Crippen molar-refractivity contribution < 1.29 is 9.59 Å². The molecule has 7 heteroatoms. The van der Waals surface area contributed by atoms with Gasteiger partial charge in [-0.2, -0.15) is 0 Å². The number of carbonyl (C=O) groups excluding carboxylic acids is 2. The summed E-state index contributed by atoms with van der Waals surface area (Å²) in [5, 5.41) is 3.81. The van der Waals surface area contributed by atoms with Crippen LogP contribution < -0.4 is 5.32 Å². The van der Waals surface area contributed by atoms with Gasteiger partial charge in [-0.15, -0.1) is 11.8 Å². The summed E-state index contributed by atoms with van der Waals surface area (Å²) in [7, 11) is 0. The van der Waals surface area contributed by atoms with Gasteiger partial charge in [0.1, 0.15) is 6.04 Å². The second-order valence-corrected chi connectivity index (χ2v) is 8.98. The van der Waals surface area contributed by atoms with E-state index in [1.165, 1.54) is 0 Å². The smallest absolute Gasteiger partial charge is 0.242 e. The Balaban J connectivity index is 2.07. The Labute approximate surface area is 193 Å². The minimum Gasteiger partial charge on any atom is -0.354 e. The van der Waals surface area contributed by atoms with Crippen molar-refractivity contribution in [2.75, 3.05) is 12.3 Å². The molecule has 0 saturated heterocycles. The van der Waals surface area contributed by atoms with Crippen molar-refractivity contribution in [3.8, 4) is 0 Å². The molecule has 162 valence electrons. The summed E-state index contributed by atoms with van der Waals surface area (Å²) in [5.41, 5.74) is 0.835. The lowest BCUT2D eigenvalue weighted by Crippen LogP contribution is -2.47. The Morgan fingerprint density at radius 2 is 1.83 bits per heavy atom. The van der Waals surface area contributed by atoms with E-state index in [-0.39, 0.29) is 11.8 Å². The standard InChI is InChI=1S/C23H28Cl2N2O2S/c1-3-4-13-26-23(29)17(2)27(16-18-10-11-20(24)21(25)15-18)22(28)12-14-30-19-8-6-5-7-9-19/h5-11,15,17H,3-4,12-14,16H2,1-2H3,(H,26,29). The number of benzene rings is 2. The number of carbonyl (C=O) groups is 2. The highest BCUT2D eigenvalue weighted by atomic mass is 35.5. The second-order valence-electron chi connectivity index (χ2n) is 7.00. The van der Waals surface area contributed by atoms with E-state index < -0.39 is 6.04 Å². The van der Waals surface area contributed by atoms with Gasteiger partial charge >= 0.3 is 0 Å². The third kappa shape index (κ3) is 7.86. The van der Waals surface area contributed by atoms with Gasteiger partial charge in [0, 0.05) is 30.2 Å². The minimum atomic E-state index is -0.578. The summed E-state index contributed by atoms with van der Waals surface area (Å²) in [6, 6.07) is 14.7. The molecule has 0 aliphatic heterocycles. The molecular weight excluding hydrogens is 439 g/mol. The van der Waals surface area contributed by atoms with Crippen LogP contribution in [-0.2, 0) is 16.1 Å². The Bertz CT molecular complexity index is 833. The Hall–Kier alpha value is -1.69. The Kier molecular flexibility index (Phi) is 10.6. The summed E-state index contributed by atoms with van der Waals surface area (Å²) in [5.74, 6) is 0.431. The van der Waals surface area contributed by atoms with E-state index in [0.29, 0.717) is 35.3 Å². The molecule has 0 aliphatic rings. The van der Waals surface area contributed by atoms with Crippen LogP contribution in [0.25, 0.3) is 0 Å². The molecule has 1 unspecified atom stereocenters. The molecule has 0 aromatic heterocycles. The van der Waals surface area contributed by atoms with Gasteiger partial charge in [0.25, 0.3) is 0 Å². The maximum Gasteiger partial charge on any atom is 0.242 e. The van der Waals surface area contributed by atoms with E-state index >= 15 is 0 Å². The maximum atomic E-state index is 13.0. The monoisotopic (exact) mass is 466 g/mol. The van der Waals surface area contributed by atoms with E-state index in [4.69, 9.17) is 23.2 Å². The molecule has 0 saturated carbocycles. The highest BCUT2D eigenvalue weighted by Gasteiger charge is 2.25. The van der Waals surface area contributed by atoms with Gasteiger partial charge in [-0.3, -0.25) is 9.59 Å². The van der Waals surface area contributed by atoms with Crippen LogP contribution >= 0.6 is 35.0 Å². The number of hydrogen-bond donors (Lipinski definition) is 1. The van der Waals surface area contributed by atoms with Crippen LogP contribution in [0.2, 0.25) is 10.0 Å². The van der Waals surface area contributed by atoms with Crippen LogP contribution in [0.4, 0.5) is 0 Å². The summed E-state index contributed by atoms with van der Waals surface area (Å²) in [4.78, 5) is 28.4. The van der Waals surface area contributed by atoms with Crippen molar-refractivity contribution in [1.82, 2.24) is 10.2 Å². The molecule has 2 amide bonds. The normalized spacial score (nSPS) is 11.7. The molecule has 0 fully saturated rings. The molecule has 0 spiro atoms. The lowest BCUT2D eigenvalue weighted by atomic mass is 10.1. The molecule has 0 heterocycles. The van der Waals surface area contributed by atoms with Gasteiger partial charge in [0.15, 0.2) is 0 Å². The highest BCUT2D eigenvalue weighted by Crippen LogP contribution is 2.24. The van der Waals surface area contributed by atoms with Crippen LogP contribution in [0.1, 0.15) is 38.7 Å². The van der Waals surface area contributed by atoms with E-state index in [1.807, 2.05) is 36.4 Å². The SMILES string of the molecule is CCCCNC(=O)C(C)N(Cc1ccc(Cl)c(Cl)c1)C(=O)CCSc1ccccc1. The van der Waals surface area contributed by atoms with E-state index in [2.05, 4.69) is 12.2 Å². The first-order valence-corrected chi connectivity index (χ1v) is 11.9. The molecule has 0 aliphatic carbocycles. The lowest BCUT2D eigenvalue weighted by molar-refractivity contribution is -0.140. The summed E-state index contributed by atoms with van der Waals surface area (Å²) in [6.45, 7) is 4.74. The zero-order valence-corrected chi connectivity index (χ0v) is 19.7. The maximum absolute atomic E-state index is 13.0. The number of nitrogens with zero attached hydrogens (tertiary/aromatic N) is 1. The Morgan fingerprint density at radius 3 is 2.50 bits per heavy atom. The predicted octanol–water partition coefficient (Wildman–Crippen LogP) is 5.81. The number of thioether (sulfide) groups is 1. The van der Waals surface area contributed by atoms with Gasteiger partial charge in [-0.1, -0.05) is 60.8 Å². The zero-order valence-electron chi connectivity index (χ0n) is 17.4. The van der Waals surface area contributed by atoms with Gasteiger partial charge < -0.3 is 10.2 Å². The van der Waals surface area contributed by atoms with E-state index in [9.17, 15) is 9.59 Å². The molecule has 1 atom stereocenters. The Morgan fingerprint density at radius 1 is 1.10 bits per heavy atom. The molecule has 2 aromatic rings. The molecule has 1 N–H and O–H groups in total. The quantitative estimate of drug-likeness (QED) is 0.335. The number of halogens is 2. The second kappa shape index (κ2) is 12.9. The first-order chi connectivity index (χ1) is 14.4. The van der Waals surface area contributed by atoms with E-state index in [0.717, 1.165) is 23.3 Å². The third-order valence-corrected chi connectivity index (χ3v) is 6.41. The predicted molar refractivity (Wildman–Crippen MR) is 126 cm³/mol. The van der Waals surface area contributed by atoms with Gasteiger partial charge in [0.05, 0.1) is 10.0 Å². The number of rotatable bonds is 11. The van der Waals surface area contributed by atoms with Gasteiger partial charge in [0.2, 0.25) is 11.8 Å². The fourth-order valence-electron chi connectivity index (χ4n) is 2.87. The van der Waals surface area contributed by atoms with Crippen LogP contribution in [0.5, 0.6) is 0 Å². The largest absolute Gasteiger partial charge is 0.354 e. The van der Waals surface area contributed by atoms with Crippen molar-refractivity contribution in [1.29, 1.82) is 0 Å². The number of nitrogens with one attached hydrogen (secondary N) is 1. The third-order valence-electron chi connectivity index (χ3n) is 4.66. The molecule has 4 nitrogen and oxygen atoms in total. The molecule has 30 heavy (non-hydrogen) atoms. The van der Waals surface area contributed by atoms with E-state index in [1.54, 1.807) is 35.7 Å². The summed E-state index contributed by atoms with van der Waals surface area (Å²) in [6.07, 6.45) is 2.25. The van der Waals surface area contributed by atoms with Crippen molar-refractivity contribution in [2.24, 2.45) is 0 Å². The van der Waals surface area contributed by atoms with Gasteiger partial charge in [-0.25, -0.2) is 0 Å².